The molecule has 0 fully saturated rings. The van der Waals surface area contributed by atoms with Crippen LogP contribution in [0.2, 0.25) is 8.87 Å². The van der Waals surface area contributed by atoms with Crippen LogP contribution < -0.4 is 10.2 Å². The first-order valence-electron chi connectivity index (χ1n) is 16.1. The zero-order chi connectivity index (χ0) is 28.2. The molecule has 0 radical (unpaired) electrons. The Labute approximate surface area is 253 Å². The molecule has 38 heavy (non-hydrogen) atoms. The minimum absolute atomic E-state index is 0. The Kier molecular flexibility index (Phi) is 52.0. The van der Waals surface area contributed by atoms with Crippen LogP contribution in [0.15, 0.2) is 0 Å². The molecule has 0 atom stereocenters. The van der Waals surface area contributed by atoms with E-state index in [0.717, 1.165) is 25.7 Å². The molecule has 0 aromatic rings. The molecular formula is C32H68O4SiSn. The molecule has 4 nitrogen and oxygen atoms in total. The molecule has 0 aliphatic carbocycles. The molecule has 0 unspecified atom stereocenters. The van der Waals surface area contributed by atoms with Crippen LogP contribution in [0, 0.1) is 0 Å². The van der Waals surface area contributed by atoms with Crippen LogP contribution in [-0.2, 0) is 9.59 Å². The van der Waals surface area contributed by atoms with Crippen LogP contribution in [-0.4, -0.2) is 44.0 Å². The van der Waals surface area contributed by atoms with Crippen molar-refractivity contribution in [1.82, 2.24) is 0 Å². The molecule has 0 amide bonds. The smallest absolute Gasteiger partial charge is 0.0149 e. The molecule has 0 saturated heterocycles. The molecule has 0 heterocycles. The summed E-state index contributed by atoms with van der Waals surface area (Å²) in [5.41, 5.74) is 0. The fourth-order valence-electron chi connectivity index (χ4n) is 3.89. The van der Waals surface area contributed by atoms with Crippen LogP contribution >= 0.6 is 0 Å². The van der Waals surface area contributed by atoms with Gasteiger partial charge in [0.2, 0.25) is 0 Å². The van der Waals surface area contributed by atoms with Crippen LogP contribution in [0.25, 0.3) is 0 Å². The van der Waals surface area contributed by atoms with E-state index >= 15 is 0 Å². The molecule has 0 aliphatic heterocycles. The third-order valence-corrected chi connectivity index (χ3v) is 10.4. The van der Waals surface area contributed by atoms with Crippen molar-refractivity contribution in [3.63, 3.8) is 0 Å². The van der Waals surface area contributed by atoms with E-state index in [-0.39, 0.29) is 44.9 Å². The van der Waals surface area contributed by atoms with Gasteiger partial charge in [-0.2, -0.15) is 0 Å². The minimum atomic E-state index is -0.909. The monoisotopic (exact) mass is 664 g/mol. The second-order valence-electron chi connectivity index (χ2n) is 10.4. The Morgan fingerprint density at radius 2 is 0.658 bits per heavy atom. The first-order valence-corrected chi connectivity index (χ1v) is 20.1. The van der Waals surface area contributed by atoms with Gasteiger partial charge < -0.3 is 19.8 Å². The van der Waals surface area contributed by atoms with E-state index in [1.807, 2.05) is 0 Å². The van der Waals surface area contributed by atoms with Crippen LogP contribution in [0.3, 0.4) is 0 Å². The van der Waals surface area contributed by atoms with Gasteiger partial charge in [0.25, 0.3) is 0 Å². The third kappa shape index (κ3) is 56.2. The Bertz CT molecular complexity index is 398. The first-order chi connectivity index (χ1) is 18.0. The number of rotatable bonds is 26. The molecule has 0 N–H and O–H groups in total. The molecule has 0 aliphatic rings. The van der Waals surface area contributed by atoms with E-state index in [9.17, 15) is 19.8 Å². The van der Waals surface area contributed by atoms with Crippen molar-refractivity contribution in [3.8, 4) is 0 Å². The number of carboxylic acids is 2. The number of aliphatic carboxylic acids is 2. The molecule has 0 spiro atoms. The molecule has 6 heteroatoms. The van der Waals surface area contributed by atoms with Gasteiger partial charge in [-0.15, -0.1) is 0 Å². The number of carbonyl (C=O) groups excluding carboxylic acids is 2. The van der Waals surface area contributed by atoms with E-state index in [1.54, 1.807) is 8.87 Å². The minimum Gasteiger partial charge on any atom is -0.0149 e. The van der Waals surface area contributed by atoms with Gasteiger partial charge in [-0.1, -0.05) is 117 Å². The summed E-state index contributed by atoms with van der Waals surface area (Å²) in [7, 11) is 0. The Balaban J connectivity index is -0.000000231. The summed E-state index contributed by atoms with van der Waals surface area (Å²) in [6.07, 6.45) is 28.2. The maximum Gasteiger partial charge on any atom is -0.0149 e. The number of carboxylic acid groups (broad SMARTS) is 2. The summed E-state index contributed by atoms with van der Waals surface area (Å²) in [6.45, 7) is 9.03. The van der Waals surface area contributed by atoms with Crippen molar-refractivity contribution >= 4 is 44.0 Å². The summed E-state index contributed by atoms with van der Waals surface area (Å²) < 4.78 is 3.25. The molecule has 0 bridgehead atoms. The predicted octanol–water partition coefficient (Wildman–Crippen LogP) is 6.99. The van der Waals surface area contributed by atoms with Crippen molar-refractivity contribution < 1.29 is 19.8 Å². The summed E-state index contributed by atoms with van der Waals surface area (Å²) in [4.78, 5) is 20.2. The Hall–Kier alpha value is -0.0444. The van der Waals surface area contributed by atoms with Gasteiger partial charge >= 0.3 is 69.5 Å². The van der Waals surface area contributed by atoms with Gasteiger partial charge in [0.15, 0.2) is 0 Å². The van der Waals surface area contributed by atoms with Crippen molar-refractivity contribution in [2.45, 2.75) is 191 Å². The molecule has 0 saturated carbocycles. The number of carbonyl (C=O) groups is 2. The van der Waals surface area contributed by atoms with Gasteiger partial charge in [-0.25, -0.2) is 0 Å². The maximum absolute atomic E-state index is 10.1. The Morgan fingerprint density at radius 3 is 0.895 bits per heavy atom. The van der Waals surface area contributed by atoms with Crippen molar-refractivity contribution in [2.24, 2.45) is 0 Å². The average molecular weight is 664 g/mol. The van der Waals surface area contributed by atoms with Gasteiger partial charge in [0.05, 0.1) is 0 Å². The topological polar surface area (TPSA) is 80.3 Å². The third-order valence-electron chi connectivity index (χ3n) is 6.38. The second kappa shape index (κ2) is 44.0. The number of hydrogen-bond acceptors (Lipinski definition) is 4. The van der Waals surface area contributed by atoms with Crippen LogP contribution in [0.1, 0.15) is 182 Å². The zero-order valence-electron chi connectivity index (χ0n) is 25.5. The van der Waals surface area contributed by atoms with Crippen molar-refractivity contribution in [3.05, 3.63) is 0 Å². The van der Waals surface area contributed by atoms with Crippen molar-refractivity contribution in [1.29, 1.82) is 0 Å². The van der Waals surface area contributed by atoms with Crippen molar-refractivity contribution in [2.75, 3.05) is 0 Å². The molecule has 228 valence electrons. The normalized spacial score (nSPS) is 9.79. The van der Waals surface area contributed by atoms with E-state index in [4.69, 9.17) is 0 Å². The summed E-state index contributed by atoms with van der Waals surface area (Å²) in [5.74, 6) is -1.82. The Morgan fingerprint density at radius 1 is 0.421 bits per heavy atom. The summed E-state index contributed by atoms with van der Waals surface area (Å²) in [6, 6.07) is 0. The first kappa shape index (κ1) is 45.0. The van der Waals surface area contributed by atoms with Gasteiger partial charge in [0, 0.05) is 11.9 Å². The van der Waals surface area contributed by atoms with E-state index < -0.39 is 11.9 Å². The van der Waals surface area contributed by atoms with Gasteiger partial charge in [0.1, 0.15) is 0 Å². The number of unbranched alkanes of at least 4 members (excludes halogenated alkanes) is 18. The van der Waals surface area contributed by atoms with E-state index in [2.05, 4.69) is 27.7 Å². The molecular weight excluding hydrogens is 595 g/mol. The largest absolute Gasteiger partial charge is 0.0149 e. The van der Waals surface area contributed by atoms with Gasteiger partial charge in [-0.3, -0.25) is 0 Å². The fraction of sp³-hybridized carbons (Fsp3) is 0.938. The quantitative estimate of drug-likeness (QED) is 0.0739. The second-order valence-corrected chi connectivity index (χ2v) is 14.6. The molecule has 0 rings (SSSR count). The van der Waals surface area contributed by atoms with Crippen LogP contribution in [0.5, 0.6) is 0 Å². The average Bonchev–Trinajstić information content (AvgIpc) is 2.87. The SMILES string of the molecule is CCCCCCCCCCCC(=O)[O-].CCCCCCCCCCCC(=O)[O-].CCC[CH2][Sn+2][CH2]CCC.[SiH4]. The van der Waals surface area contributed by atoms with E-state index in [0.29, 0.717) is 0 Å². The fourth-order valence-corrected chi connectivity index (χ4v) is 8.05. The van der Waals surface area contributed by atoms with Crippen LogP contribution in [0.4, 0.5) is 0 Å². The molecule has 0 aromatic heterocycles. The number of hydrogen-bond donors (Lipinski definition) is 0. The maximum atomic E-state index is 10.1. The zero-order valence-corrected chi connectivity index (χ0v) is 28.4. The summed E-state index contributed by atoms with van der Waals surface area (Å²) >= 11 is 0.149. The molecule has 0 aromatic carbocycles. The van der Waals surface area contributed by atoms with Gasteiger partial charge in [-0.05, 0) is 36.6 Å². The summed E-state index contributed by atoms with van der Waals surface area (Å²) in [5, 5.41) is 20.2. The standard InChI is InChI=1S/2C12H24O2.2C4H9.H4Si.Sn/c2*1-2-3-4-5-6-7-8-9-10-11-12(13)14;2*1-3-4-2;;/h2*2-11H2,1H3,(H,13,14);2*1,3-4H2,2H3;1H4;/q;;;;;+2/p-2. The predicted molar refractivity (Wildman–Crippen MR) is 170 cm³/mol. The van der Waals surface area contributed by atoms with E-state index in [1.165, 1.54) is 116 Å².